The molecule has 1 fully saturated rings. The van der Waals surface area contributed by atoms with E-state index in [9.17, 15) is 9.59 Å². The molecule has 0 spiro atoms. The zero-order valence-corrected chi connectivity index (χ0v) is 20.2. The number of nitrogens with one attached hydrogen (secondary N) is 2. The smallest absolute Gasteiger partial charge is 0.227 e. The summed E-state index contributed by atoms with van der Waals surface area (Å²) in [6.07, 6.45) is 1.69. The lowest BCUT2D eigenvalue weighted by atomic mass is 9.95. The van der Waals surface area contributed by atoms with Crippen molar-refractivity contribution >= 4 is 23.2 Å². The van der Waals surface area contributed by atoms with Crippen molar-refractivity contribution in [3.63, 3.8) is 0 Å². The molecule has 0 radical (unpaired) electrons. The molecule has 0 aliphatic carbocycles. The maximum absolute atomic E-state index is 12.8. The summed E-state index contributed by atoms with van der Waals surface area (Å²) in [4.78, 5) is 27.1. The van der Waals surface area contributed by atoms with Crippen LogP contribution >= 0.6 is 0 Å². The van der Waals surface area contributed by atoms with Crippen LogP contribution in [0.2, 0.25) is 0 Å². The Hall–Kier alpha value is -3.80. The number of benzene rings is 3. The lowest BCUT2D eigenvalue weighted by molar-refractivity contribution is -0.135. The summed E-state index contributed by atoms with van der Waals surface area (Å²) in [6.45, 7) is 3.68. The van der Waals surface area contributed by atoms with Crippen LogP contribution in [0.1, 0.15) is 37.8 Å². The number of ether oxygens (including phenoxy) is 1. The number of hydrogen-bond acceptors (Lipinski definition) is 4. The van der Waals surface area contributed by atoms with Crippen LogP contribution in [0.4, 0.5) is 11.4 Å². The zero-order chi connectivity index (χ0) is 24.5. The predicted octanol–water partition coefficient (Wildman–Crippen LogP) is 5.51. The molecule has 0 saturated carbocycles. The standard InChI is InChI=1S/C29H33N3O3/c1-22(23-8-4-2-5-9-23)30-25-12-14-26(15-13-25)31-29(34)24-16-19-32(20-17-24)28(33)18-21-35-27-10-6-3-7-11-27/h2-15,22,24,30H,16-21H2,1H3,(H,31,34). The van der Waals surface area contributed by atoms with Gasteiger partial charge in [0.1, 0.15) is 5.75 Å². The van der Waals surface area contributed by atoms with Crippen LogP contribution in [0, 0.1) is 5.92 Å². The lowest BCUT2D eigenvalue weighted by Crippen LogP contribution is -2.41. The van der Waals surface area contributed by atoms with Crippen molar-refractivity contribution in [1.29, 1.82) is 0 Å². The number of piperidine rings is 1. The number of amides is 2. The largest absolute Gasteiger partial charge is 0.493 e. The van der Waals surface area contributed by atoms with Crippen molar-refractivity contribution in [3.05, 3.63) is 90.5 Å². The van der Waals surface area contributed by atoms with Crippen LogP contribution in [0.25, 0.3) is 0 Å². The second-order valence-electron chi connectivity index (χ2n) is 8.91. The number of likely N-dealkylation sites (tertiary alicyclic amines) is 1. The minimum Gasteiger partial charge on any atom is -0.493 e. The van der Waals surface area contributed by atoms with Gasteiger partial charge < -0.3 is 20.3 Å². The Labute approximate surface area is 207 Å². The van der Waals surface area contributed by atoms with Crippen molar-refractivity contribution in [1.82, 2.24) is 4.90 Å². The molecule has 4 rings (SSSR count). The molecule has 3 aromatic carbocycles. The molecule has 0 bridgehead atoms. The molecular weight excluding hydrogens is 438 g/mol. The monoisotopic (exact) mass is 471 g/mol. The van der Waals surface area contributed by atoms with Gasteiger partial charge in [0.25, 0.3) is 0 Å². The molecule has 182 valence electrons. The highest BCUT2D eigenvalue weighted by molar-refractivity contribution is 5.93. The number of carbonyl (C=O) groups is 2. The van der Waals surface area contributed by atoms with E-state index in [1.807, 2.05) is 77.7 Å². The van der Waals surface area contributed by atoms with E-state index in [2.05, 4.69) is 29.7 Å². The normalized spacial score (nSPS) is 14.7. The first-order chi connectivity index (χ1) is 17.1. The Morgan fingerprint density at radius 1 is 0.886 bits per heavy atom. The molecule has 1 aliphatic rings. The Balaban J connectivity index is 1.18. The SMILES string of the molecule is CC(Nc1ccc(NC(=O)C2CCN(C(=O)CCOc3ccccc3)CC2)cc1)c1ccccc1. The van der Waals surface area contributed by atoms with Crippen LogP contribution in [0.3, 0.4) is 0 Å². The van der Waals surface area contributed by atoms with E-state index >= 15 is 0 Å². The van der Waals surface area contributed by atoms with Crippen molar-refractivity contribution < 1.29 is 14.3 Å². The van der Waals surface area contributed by atoms with E-state index in [1.54, 1.807) is 0 Å². The van der Waals surface area contributed by atoms with Crippen LogP contribution < -0.4 is 15.4 Å². The van der Waals surface area contributed by atoms with E-state index in [-0.39, 0.29) is 23.8 Å². The number of rotatable bonds is 9. The first-order valence-corrected chi connectivity index (χ1v) is 12.3. The number of anilines is 2. The van der Waals surface area contributed by atoms with Gasteiger partial charge in [-0.1, -0.05) is 48.5 Å². The van der Waals surface area contributed by atoms with Gasteiger partial charge in [-0.05, 0) is 61.7 Å². The zero-order valence-electron chi connectivity index (χ0n) is 20.2. The fourth-order valence-electron chi connectivity index (χ4n) is 4.29. The molecule has 1 heterocycles. The highest BCUT2D eigenvalue weighted by Gasteiger charge is 2.27. The first kappa shape index (κ1) is 24.3. The third-order valence-corrected chi connectivity index (χ3v) is 6.38. The van der Waals surface area contributed by atoms with Gasteiger partial charge in [0.15, 0.2) is 0 Å². The maximum atomic E-state index is 12.8. The summed E-state index contributed by atoms with van der Waals surface area (Å²) in [6, 6.07) is 27.8. The second kappa shape index (κ2) is 12.1. The average Bonchev–Trinajstić information content (AvgIpc) is 2.91. The van der Waals surface area contributed by atoms with Gasteiger partial charge in [0.2, 0.25) is 11.8 Å². The number of carbonyl (C=O) groups excluding carboxylic acids is 2. The molecule has 3 aromatic rings. The van der Waals surface area contributed by atoms with Crippen molar-refractivity contribution in [2.45, 2.75) is 32.2 Å². The molecule has 1 aliphatic heterocycles. The number of hydrogen-bond donors (Lipinski definition) is 2. The second-order valence-corrected chi connectivity index (χ2v) is 8.91. The maximum Gasteiger partial charge on any atom is 0.227 e. The molecule has 2 N–H and O–H groups in total. The molecule has 6 nitrogen and oxygen atoms in total. The third kappa shape index (κ3) is 7.09. The summed E-state index contributed by atoms with van der Waals surface area (Å²) >= 11 is 0. The predicted molar refractivity (Wildman–Crippen MR) is 139 cm³/mol. The van der Waals surface area contributed by atoms with Crippen molar-refractivity contribution in [2.24, 2.45) is 5.92 Å². The summed E-state index contributed by atoms with van der Waals surface area (Å²) < 4.78 is 5.63. The Bertz CT molecular complexity index is 1080. The minimum absolute atomic E-state index is 0.0165. The fourth-order valence-corrected chi connectivity index (χ4v) is 4.29. The van der Waals surface area contributed by atoms with E-state index in [0.29, 0.717) is 39.0 Å². The Morgan fingerprint density at radius 3 is 2.14 bits per heavy atom. The number of para-hydroxylation sites is 1. The van der Waals surface area contributed by atoms with Gasteiger partial charge in [-0.25, -0.2) is 0 Å². The van der Waals surface area contributed by atoms with E-state index in [0.717, 1.165) is 17.1 Å². The minimum atomic E-state index is -0.0875. The number of nitrogens with zero attached hydrogens (tertiary/aromatic N) is 1. The summed E-state index contributed by atoms with van der Waals surface area (Å²) in [7, 11) is 0. The average molecular weight is 472 g/mol. The molecular formula is C29H33N3O3. The van der Waals surface area contributed by atoms with E-state index in [1.165, 1.54) is 5.56 Å². The van der Waals surface area contributed by atoms with Crippen molar-refractivity contribution in [3.8, 4) is 5.75 Å². The molecule has 35 heavy (non-hydrogen) atoms. The molecule has 1 unspecified atom stereocenters. The summed E-state index contributed by atoms with van der Waals surface area (Å²) in [5.41, 5.74) is 3.00. The molecule has 0 aromatic heterocycles. The first-order valence-electron chi connectivity index (χ1n) is 12.3. The van der Waals surface area contributed by atoms with Gasteiger partial charge in [-0.3, -0.25) is 9.59 Å². The molecule has 1 atom stereocenters. The van der Waals surface area contributed by atoms with Crippen LogP contribution in [0.5, 0.6) is 5.75 Å². The summed E-state index contributed by atoms with van der Waals surface area (Å²) in [5.74, 6) is 0.774. The van der Waals surface area contributed by atoms with E-state index < -0.39 is 0 Å². The third-order valence-electron chi connectivity index (χ3n) is 6.38. The van der Waals surface area contributed by atoms with Crippen LogP contribution in [-0.2, 0) is 9.59 Å². The highest BCUT2D eigenvalue weighted by Crippen LogP contribution is 2.23. The quantitative estimate of drug-likeness (QED) is 0.432. The van der Waals surface area contributed by atoms with Crippen LogP contribution in [0.15, 0.2) is 84.9 Å². The summed E-state index contributed by atoms with van der Waals surface area (Å²) in [5, 5.41) is 6.51. The van der Waals surface area contributed by atoms with Crippen LogP contribution in [-0.4, -0.2) is 36.4 Å². The molecule has 6 heteroatoms. The van der Waals surface area contributed by atoms with Gasteiger partial charge >= 0.3 is 0 Å². The Kier molecular flexibility index (Phi) is 8.39. The molecule has 2 amide bonds. The lowest BCUT2D eigenvalue weighted by Gasteiger charge is -2.31. The molecule has 1 saturated heterocycles. The topological polar surface area (TPSA) is 70.7 Å². The van der Waals surface area contributed by atoms with Gasteiger partial charge in [0.05, 0.1) is 13.0 Å². The van der Waals surface area contributed by atoms with Gasteiger partial charge in [-0.15, -0.1) is 0 Å². The Morgan fingerprint density at radius 2 is 1.49 bits per heavy atom. The van der Waals surface area contributed by atoms with Gasteiger partial charge in [0, 0.05) is 36.4 Å². The fraction of sp³-hybridized carbons (Fsp3) is 0.310. The van der Waals surface area contributed by atoms with Gasteiger partial charge in [-0.2, -0.15) is 0 Å². The van der Waals surface area contributed by atoms with Crippen molar-refractivity contribution in [2.75, 3.05) is 30.3 Å². The highest BCUT2D eigenvalue weighted by atomic mass is 16.5. The van der Waals surface area contributed by atoms with E-state index in [4.69, 9.17) is 4.74 Å².